The summed E-state index contributed by atoms with van der Waals surface area (Å²) >= 11 is 7.75. The quantitative estimate of drug-likeness (QED) is 0.560. The summed E-state index contributed by atoms with van der Waals surface area (Å²) in [5, 5.41) is 10.5. The summed E-state index contributed by atoms with van der Waals surface area (Å²) in [5.74, 6) is 2.65. The number of thioether (sulfide) groups is 1. The highest BCUT2D eigenvalue weighted by atomic mass is 35.5. The number of halogens is 1. The lowest BCUT2D eigenvalue weighted by Crippen LogP contribution is -2.37. The minimum Gasteiger partial charge on any atom is -0.467 e. The van der Waals surface area contributed by atoms with E-state index in [0.29, 0.717) is 11.6 Å². The van der Waals surface area contributed by atoms with Crippen LogP contribution in [0.3, 0.4) is 0 Å². The lowest BCUT2D eigenvalue weighted by Gasteiger charge is -2.26. The first kappa shape index (κ1) is 18.6. The highest BCUT2D eigenvalue weighted by Crippen LogP contribution is 2.26. The lowest BCUT2D eigenvalue weighted by molar-refractivity contribution is 0.0410. The van der Waals surface area contributed by atoms with Crippen LogP contribution in [0.25, 0.3) is 11.4 Å². The first-order valence-electron chi connectivity index (χ1n) is 8.94. The molecule has 1 saturated heterocycles. The fraction of sp³-hybridized carbons (Fsp3) is 0.368. The van der Waals surface area contributed by atoms with Gasteiger partial charge >= 0.3 is 0 Å². The molecule has 6 nitrogen and oxygen atoms in total. The van der Waals surface area contributed by atoms with E-state index in [-0.39, 0.29) is 0 Å². The van der Waals surface area contributed by atoms with Crippen molar-refractivity contribution >= 4 is 23.4 Å². The molecule has 3 heterocycles. The molecule has 0 N–H and O–H groups in total. The predicted molar refractivity (Wildman–Crippen MR) is 106 cm³/mol. The molecule has 0 amide bonds. The van der Waals surface area contributed by atoms with Gasteiger partial charge in [0, 0.05) is 36.0 Å². The SMILES string of the molecule is Clc1ccc(-c2nnc(SCCN3CCOCC3)n2Cc2ccco2)cc1. The van der Waals surface area contributed by atoms with Crippen LogP contribution in [0.1, 0.15) is 5.76 Å². The molecule has 1 aliphatic heterocycles. The Hall–Kier alpha value is -1.80. The first-order chi connectivity index (χ1) is 13.3. The van der Waals surface area contributed by atoms with E-state index >= 15 is 0 Å². The molecule has 0 atom stereocenters. The Labute approximate surface area is 167 Å². The topological polar surface area (TPSA) is 56.3 Å². The van der Waals surface area contributed by atoms with Crippen LogP contribution in [0.2, 0.25) is 5.02 Å². The van der Waals surface area contributed by atoms with Crippen molar-refractivity contribution in [3.05, 3.63) is 53.4 Å². The normalized spacial score (nSPS) is 15.3. The van der Waals surface area contributed by atoms with Crippen molar-refractivity contribution < 1.29 is 9.15 Å². The van der Waals surface area contributed by atoms with Gasteiger partial charge in [0.1, 0.15) is 5.76 Å². The molecular formula is C19H21ClN4O2S. The van der Waals surface area contributed by atoms with Crippen molar-refractivity contribution in [2.24, 2.45) is 0 Å². The maximum absolute atomic E-state index is 6.03. The number of morpholine rings is 1. The van der Waals surface area contributed by atoms with Crippen LogP contribution in [0.5, 0.6) is 0 Å². The molecule has 142 valence electrons. The fourth-order valence-corrected chi connectivity index (χ4v) is 4.06. The van der Waals surface area contributed by atoms with Crippen molar-refractivity contribution in [2.45, 2.75) is 11.7 Å². The van der Waals surface area contributed by atoms with Crippen LogP contribution in [0.15, 0.2) is 52.2 Å². The number of nitrogens with zero attached hydrogens (tertiary/aromatic N) is 4. The maximum atomic E-state index is 6.03. The molecule has 3 aromatic rings. The second-order valence-electron chi connectivity index (χ2n) is 6.28. The Morgan fingerprint density at radius 3 is 2.63 bits per heavy atom. The summed E-state index contributed by atoms with van der Waals surface area (Å²) in [4.78, 5) is 2.42. The Morgan fingerprint density at radius 1 is 1.07 bits per heavy atom. The van der Waals surface area contributed by atoms with E-state index in [1.165, 1.54) is 0 Å². The molecule has 0 unspecified atom stereocenters. The van der Waals surface area contributed by atoms with Gasteiger partial charge in [-0.25, -0.2) is 0 Å². The minimum atomic E-state index is 0.595. The molecule has 4 rings (SSSR count). The zero-order valence-electron chi connectivity index (χ0n) is 14.9. The number of aromatic nitrogens is 3. The fourth-order valence-electron chi connectivity index (χ4n) is 3.00. The van der Waals surface area contributed by atoms with Gasteiger partial charge in [-0.15, -0.1) is 10.2 Å². The standard InChI is InChI=1S/C19H21ClN4O2S/c20-16-5-3-15(4-6-16)18-21-22-19(24(18)14-17-2-1-10-26-17)27-13-9-23-7-11-25-12-8-23/h1-6,10H,7-9,11-14H2. The van der Waals surface area contributed by atoms with E-state index in [9.17, 15) is 0 Å². The zero-order valence-corrected chi connectivity index (χ0v) is 16.5. The van der Waals surface area contributed by atoms with Gasteiger partial charge in [0.15, 0.2) is 11.0 Å². The Kier molecular flexibility index (Phi) is 6.14. The summed E-state index contributed by atoms with van der Waals surface area (Å²) in [6.07, 6.45) is 1.69. The van der Waals surface area contributed by atoms with Gasteiger partial charge in [-0.2, -0.15) is 0 Å². The van der Waals surface area contributed by atoms with Crippen molar-refractivity contribution in [2.75, 3.05) is 38.6 Å². The van der Waals surface area contributed by atoms with Gasteiger partial charge in [0.2, 0.25) is 0 Å². The first-order valence-corrected chi connectivity index (χ1v) is 10.3. The average molecular weight is 405 g/mol. The molecule has 27 heavy (non-hydrogen) atoms. The molecule has 2 aromatic heterocycles. The number of rotatable bonds is 7. The monoisotopic (exact) mass is 404 g/mol. The molecule has 0 radical (unpaired) electrons. The van der Waals surface area contributed by atoms with Gasteiger partial charge < -0.3 is 9.15 Å². The zero-order chi connectivity index (χ0) is 18.5. The molecule has 0 saturated carbocycles. The number of hydrogen-bond acceptors (Lipinski definition) is 6. The third-order valence-corrected chi connectivity index (χ3v) is 5.65. The number of ether oxygens (including phenoxy) is 1. The third-order valence-electron chi connectivity index (χ3n) is 4.46. The Bertz CT molecular complexity index is 845. The molecule has 1 aromatic carbocycles. The summed E-state index contributed by atoms with van der Waals surface area (Å²) < 4.78 is 13.1. The van der Waals surface area contributed by atoms with Crippen LogP contribution in [-0.4, -0.2) is 58.3 Å². The largest absolute Gasteiger partial charge is 0.467 e. The third kappa shape index (κ3) is 4.73. The van der Waals surface area contributed by atoms with Crippen LogP contribution in [0, 0.1) is 0 Å². The van der Waals surface area contributed by atoms with Crippen LogP contribution in [-0.2, 0) is 11.3 Å². The van der Waals surface area contributed by atoms with Crippen LogP contribution in [0.4, 0.5) is 0 Å². The molecule has 0 spiro atoms. The van der Waals surface area contributed by atoms with Gasteiger partial charge in [0.25, 0.3) is 0 Å². The molecular weight excluding hydrogens is 384 g/mol. The van der Waals surface area contributed by atoms with Gasteiger partial charge in [-0.1, -0.05) is 23.4 Å². The Balaban J connectivity index is 1.52. The van der Waals surface area contributed by atoms with E-state index in [2.05, 4.69) is 19.7 Å². The minimum absolute atomic E-state index is 0.595. The van der Waals surface area contributed by atoms with E-state index in [4.69, 9.17) is 20.8 Å². The smallest absolute Gasteiger partial charge is 0.191 e. The van der Waals surface area contributed by atoms with Crippen LogP contribution < -0.4 is 0 Å². The summed E-state index contributed by atoms with van der Waals surface area (Å²) in [5.41, 5.74) is 0.985. The molecule has 1 aliphatic rings. The molecule has 8 heteroatoms. The second kappa shape index (κ2) is 8.93. The van der Waals surface area contributed by atoms with Crippen molar-refractivity contribution in [1.82, 2.24) is 19.7 Å². The van der Waals surface area contributed by atoms with E-state index in [0.717, 1.165) is 60.9 Å². The van der Waals surface area contributed by atoms with Gasteiger partial charge in [-0.3, -0.25) is 9.47 Å². The average Bonchev–Trinajstić information content (AvgIpc) is 3.34. The van der Waals surface area contributed by atoms with E-state index in [1.54, 1.807) is 18.0 Å². The highest BCUT2D eigenvalue weighted by Gasteiger charge is 2.17. The highest BCUT2D eigenvalue weighted by molar-refractivity contribution is 7.99. The molecule has 0 aliphatic carbocycles. The predicted octanol–water partition coefficient (Wildman–Crippen LogP) is 3.66. The molecule has 1 fully saturated rings. The van der Waals surface area contributed by atoms with Crippen molar-refractivity contribution in [3.8, 4) is 11.4 Å². The van der Waals surface area contributed by atoms with Crippen LogP contribution >= 0.6 is 23.4 Å². The van der Waals surface area contributed by atoms with Crippen molar-refractivity contribution in [3.63, 3.8) is 0 Å². The lowest BCUT2D eigenvalue weighted by atomic mass is 10.2. The Morgan fingerprint density at radius 2 is 1.89 bits per heavy atom. The number of furan rings is 1. The summed E-state index contributed by atoms with van der Waals surface area (Å²) in [6, 6.07) is 11.5. The summed E-state index contributed by atoms with van der Waals surface area (Å²) in [6.45, 7) is 5.24. The number of hydrogen-bond donors (Lipinski definition) is 0. The molecule has 0 bridgehead atoms. The van der Waals surface area contributed by atoms with Gasteiger partial charge in [-0.05, 0) is 36.4 Å². The van der Waals surface area contributed by atoms with E-state index < -0.39 is 0 Å². The second-order valence-corrected chi connectivity index (χ2v) is 7.78. The van der Waals surface area contributed by atoms with Crippen molar-refractivity contribution in [1.29, 1.82) is 0 Å². The summed E-state index contributed by atoms with van der Waals surface area (Å²) in [7, 11) is 0. The van der Waals surface area contributed by atoms with Gasteiger partial charge in [0.05, 0.1) is 26.0 Å². The maximum Gasteiger partial charge on any atom is 0.191 e. The number of benzene rings is 1. The van der Waals surface area contributed by atoms with E-state index in [1.807, 2.05) is 36.4 Å².